The Morgan fingerprint density at radius 2 is 1.88 bits per heavy atom. The molecule has 6 nitrogen and oxygen atoms in total. The molecule has 2 aromatic rings. The summed E-state index contributed by atoms with van der Waals surface area (Å²) in [5.41, 5.74) is 0.671. The highest BCUT2D eigenvalue weighted by Crippen LogP contribution is 2.19. The summed E-state index contributed by atoms with van der Waals surface area (Å²) >= 11 is 1.68. The summed E-state index contributed by atoms with van der Waals surface area (Å²) in [4.78, 5) is 6.03. The quantitative estimate of drug-likeness (QED) is 0.343. The number of nitrogens with one attached hydrogen (secondary N) is 2. The molecule has 9 heteroatoms. The monoisotopic (exact) mass is 508 g/mol. The first-order valence-electron chi connectivity index (χ1n) is 8.00. The number of hydrogen-bond acceptors (Lipinski definition) is 4. The molecule has 0 aliphatic rings. The summed E-state index contributed by atoms with van der Waals surface area (Å²) < 4.78 is 26.1. The van der Waals surface area contributed by atoms with Gasteiger partial charge in [-0.25, -0.2) is 17.7 Å². The lowest BCUT2D eigenvalue weighted by molar-refractivity contribution is 0.519. The van der Waals surface area contributed by atoms with E-state index < -0.39 is 10.0 Å². The van der Waals surface area contributed by atoms with Gasteiger partial charge < -0.3 is 10.6 Å². The SMILES string of the molecule is CCNC(=NCc1ccccc1S(=O)(=O)N(C)C)NCc1cccs1.I. The standard InChI is InChI=1S/C17H24N4O2S2.HI/c1-4-18-17(20-13-15-9-7-11-24-15)19-12-14-8-5-6-10-16(14)25(22,23)21(2)3;/h5-11H,4,12-13H2,1-3H3,(H2,18,19,20);1H. The van der Waals surface area contributed by atoms with Gasteiger partial charge in [0.15, 0.2) is 5.96 Å². The fourth-order valence-corrected chi connectivity index (χ4v) is 3.93. The van der Waals surface area contributed by atoms with E-state index in [9.17, 15) is 8.42 Å². The van der Waals surface area contributed by atoms with Gasteiger partial charge in [0, 0.05) is 25.5 Å². The first kappa shape index (κ1) is 22.9. The van der Waals surface area contributed by atoms with Crippen LogP contribution in [0.2, 0.25) is 0 Å². The first-order valence-corrected chi connectivity index (χ1v) is 10.3. The van der Waals surface area contributed by atoms with Crippen LogP contribution in [0.25, 0.3) is 0 Å². The number of nitrogens with zero attached hydrogens (tertiary/aromatic N) is 2. The van der Waals surface area contributed by atoms with Gasteiger partial charge in [-0.1, -0.05) is 24.3 Å². The molecule has 0 unspecified atom stereocenters. The highest BCUT2D eigenvalue weighted by molar-refractivity contribution is 14.0. The molecule has 0 atom stereocenters. The Labute approximate surface area is 176 Å². The van der Waals surface area contributed by atoms with Crippen LogP contribution >= 0.6 is 35.3 Å². The molecule has 144 valence electrons. The molecule has 0 aliphatic carbocycles. The predicted octanol–water partition coefficient (Wildman–Crippen LogP) is 2.87. The van der Waals surface area contributed by atoms with E-state index in [2.05, 4.69) is 21.7 Å². The van der Waals surface area contributed by atoms with Crippen LogP contribution in [0.5, 0.6) is 0 Å². The number of thiophene rings is 1. The third-order valence-electron chi connectivity index (χ3n) is 3.49. The van der Waals surface area contributed by atoms with Crippen molar-refractivity contribution in [3.63, 3.8) is 0 Å². The predicted molar refractivity (Wildman–Crippen MR) is 119 cm³/mol. The van der Waals surface area contributed by atoms with E-state index in [-0.39, 0.29) is 35.4 Å². The number of sulfonamides is 1. The van der Waals surface area contributed by atoms with Crippen molar-refractivity contribution in [3.8, 4) is 0 Å². The molecule has 2 rings (SSSR count). The van der Waals surface area contributed by atoms with Crippen LogP contribution in [0, 0.1) is 0 Å². The minimum Gasteiger partial charge on any atom is -0.357 e. The van der Waals surface area contributed by atoms with Crippen molar-refractivity contribution in [2.75, 3.05) is 20.6 Å². The smallest absolute Gasteiger partial charge is 0.242 e. The Hall–Kier alpha value is -1.17. The Balaban J connectivity index is 0.00000338. The second-order valence-electron chi connectivity index (χ2n) is 5.52. The zero-order valence-electron chi connectivity index (χ0n) is 15.1. The minimum absolute atomic E-state index is 0. The van der Waals surface area contributed by atoms with Crippen molar-refractivity contribution in [2.24, 2.45) is 4.99 Å². The van der Waals surface area contributed by atoms with Crippen LogP contribution in [-0.4, -0.2) is 39.3 Å². The summed E-state index contributed by atoms with van der Waals surface area (Å²) in [5, 5.41) is 8.47. The van der Waals surface area contributed by atoms with Gasteiger partial charge in [-0.3, -0.25) is 0 Å². The molecule has 0 saturated carbocycles. The Kier molecular flexibility index (Phi) is 9.55. The molecule has 0 aliphatic heterocycles. The van der Waals surface area contributed by atoms with Crippen molar-refractivity contribution >= 4 is 51.3 Å². The van der Waals surface area contributed by atoms with Gasteiger partial charge >= 0.3 is 0 Å². The van der Waals surface area contributed by atoms with Crippen molar-refractivity contribution in [1.82, 2.24) is 14.9 Å². The molecule has 0 amide bonds. The van der Waals surface area contributed by atoms with Crippen LogP contribution in [0.15, 0.2) is 51.7 Å². The van der Waals surface area contributed by atoms with Crippen LogP contribution in [0.1, 0.15) is 17.4 Å². The number of rotatable bonds is 7. The topological polar surface area (TPSA) is 73.8 Å². The summed E-state index contributed by atoms with van der Waals surface area (Å²) in [7, 11) is -0.431. The number of hydrogen-bond donors (Lipinski definition) is 2. The molecule has 2 N–H and O–H groups in total. The highest BCUT2D eigenvalue weighted by Gasteiger charge is 2.20. The molecule has 0 spiro atoms. The zero-order valence-corrected chi connectivity index (χ0v) is 19.1. The number of aliphatic imine (C=N–C) groups is 1. The lowest BCUT2D eigenvalue weighted by Gasteiger charge is -2.15. The molecule has 26 heavy (non-hydrogen) atoms. The van der Waals surface area contributed by atoms with Gasteiger partial charge in [-0.15, -0.1) is 35.3 Å². The molecule has 1 aromatic heterocycles. The van der Waals surface area contributed by atoms with Crippen LogP contribution in [0.4, 0.5) is 0 Å². The van der Waals surface area contributed by atoms with Gasteiger partial charge in [0.05, 0.1) is 18.0 Å². The second kappa shape index (κ2) is 10.9. The van der Waals surface area contributed by atoms with Gasteiger partial charge in [0.1, 0.15) is 0 Å². The second-order valence-corrected chi connectivity index (χ2v) is 8.68. The van der Waals surface area contributed by atoms with Crippen molar-refractivity contribution < 1.29 is 8.42 Å². The number of halogens is 1. The van der Waals surface area contributed by atoms with E-state index >= 15 is 0 Å². The first-order chi connectivity index (χ1) is 11.9. The molecule has 0 fully saturated rings. The highest BCUT2D eigenvalue weighted by atomic mass is 127. The number of benzene rings is 1. The molecule has 0 saturated heterocycles. The van der Waals surface area contributed by atoms with Gasteiger partial charge in [0.25, 0.3) is 0 Å². The molecular weight excluding hydrogens is 483 g/mol. The normalized spacial score (nSPS) is 11.9. The molecule has 0 bridgehead atoms. The van der Waals surface area contributed by atoms with E-state index in [4.69, 9.17) is 0 Å². The summed E-state index contributed by atoms with van der Waals surface area (Å²) in [6.45, 7) is 3.69. The maximum Gasteiger partial charge on any atom is 0.242 e. The minimum atomic E-state index is -3.49. The van der Waals surface area contributed by atoms with Gasteiger partial charge in [0.2, 0.25) is 10.0 Å². The Bertz CT molecular complexity index is 806. The van der Waals surface area contributed by atoms with Crippen molar-refractivity contribution in [1.29, 1.82) is 0 Å². The average Bonchev–Trinajstić information content (AvgIpc) is 3.11. The summed E-state index contributed by atoms with van der Waals surface area (Å²) in [5.74, 6) is 0.660. The average molecular weight is 508 g/mol. The third kappa shape index (κ3) is 6.22. The molecule has 1 aromatic carbocycles. The summed E-state index contributed by atoms with van der Waals surface area (Å²) in [6.07, 6.45) is 0. The lowest BCUT2D eigenvalue weighted by atomic mass is 10.2. The summed E-state index contributed by atoms with van der Waals surface area (Å²) in [6, 6.07) is 11.0. The zero-order chi connectivity index (χ0) is 18.3. The molecule has 0 radical (unpaired) electrons. The van der Waals surface area contributed by atoms with Gasteiger partial charge in [-0.05, 0) is 30.0 Å². The van der Waals surface area contributed by atoms with E-state index in [1.54, 1.807) is 29.5 Å². The van der Waals surface area contributed by atoms with E-state index in [1.807, 2.05) is 24.4 Å². The van der Waals surface area contributed by atoms with E-state index in [1.165, 1.54) is 23.3 Å². The maximum atomic E-state index is 12.5. The fourth-order valence-electron chi connectivity index (χ4n) is 2.17. The fraction of sp³-hybridized carbons (Fsp3) is 0.353. The van der Waals surface area contributed by atoms with E-state index in [0.29, 0.717) is 18.1 Å². The third-order valence-corrected chi connectivity index (χ3v) is 6.29. The molecular formula is C17H25IN4O2S2. The number of guanidine groups is 1. The maximum absolute atomic E-state index is 12.5. The van der Waals surface area contributed by atoms with Gasteiger partial charge in [-0.2, -0.15) is 0 Å². The lowest BCUT2D eigenvalue weighted by Crippen LogP contribution is -2.36. The van der Waals surface area contributed by atoms with Crippen LogP contribution < -0.4 is 10.6 Å². The Morgan fingerprint density at radius 1 is 1.15 bits per heavy atom. The van der Waals surface area contributed by atoms with Crippen LogP contribution in [0.3, 0.4) is 0 Å². The van der Waals surface area contributed by atoms with Crippen molar-refractivity contribution in [3.05, 3.63) is 52.2 Å². The van der Waals surface area contributed by atoms with Crippen LogP contribution in [-0.2, 0) is 23.1 Å². The van der Waals surface area contributed by atoms with Crippen molar-refractivity contribution in [2.45, 2.75) is 24.9 Å². The van der Waals surface area contributed by atoms with E-state index in [0.717, 1.165) is 6.54 Å². The Morgan fingerprint density at radius 3 is 2.50 bits per heavy atom. The molecule has 1 heterocycles. The largest absolute Gasteiger partial charge is 0.357 e.